The molecule has 1 saturated heterocycles. The van der Waals surface area contributed by atoms with Gasteiger partial charge in [-0.05, 0) is 34.2 Å². The highest BCUT2D eigenvalue weighted by Crippen LogP contribution is 2.30. The summed E-state index contributed by atoms with van der Waals surface area (Å²) in [6.45, 7) is 6.12. The smallest absolute Gasteiger partial charge is 0.374 e. The topological polar surface area (TPSA) is 21.7 Å². The summed E-state index contributed by atoms with van der Waals surface area (Å²) in [6.07, 6.45) is -5.33. The third kappa shape index (κ3) is 4.44. The van der Waals surface area contributed by atoms with E-state index in [0.717, 1.165) is 0 Å². The van der Waals surface area contributed by atoms with Crippen LogP contribution in [0.4, 0.5) is 13.2 Å². The van der Waals surface area contributed by atoms with E-state index in [9.17, 15) is 13.2 Å². The van der Waals surface area contributed by atoms with Gasteiger partial charge in [0, 0.05) is 6.54 Å². The molecule has 0 N–H and O–H groups in total. The van der Waals surface area contributed by atoms with Crippen LogP contribution in [0.25, 0.3) is 0 Å². The lowest BCUT2D eigenvalue weighted by Gasteiger charge is -2.31. The van der Waals surface area contributed by atoms with Crippen molar-refractivity contribution in [1.29, 1.82) is 0 Å². The number of hydrogen-bond acceptors (Lipinski definition) is 3. The van der Waals surface area contributed by atoms with Gasteiger partial charge in [-0.1, -0.05) is 0 Å². The molecule has 3 atom stereocenters. The fourth-order valence-electron chi connectivity index (χ4n) is 2.41. The van der Waals surface area contributed by atoms with E-state index in [-0.39, 0.29) is 18.2 Å². The van der Waals surface area contributed by atoms with Crippen molar-refractivity contribution >= 4 is 0 Å². The Morgan fingerprint density at radius 2 is 1.82 bits per heavy atom. The molecule has 1 rings (SSSR count). The second-order valence-corrected chi connectivity index (χ2v) is 4.75. The van der Waals surface area contributed by atoms with Gasteiger partial charge in [0.05, 0.1) is 24.4 Å². The Labute approximate surface area is 99.9 Å². The minimum atomic E-state index is -4.58. The van der Waals surface area contributed by atoms with E-state index in [1.807, 2.05) is 18.7 Å². The normalized spacial score (nSPS) is 28.9. The maximum atomic E-state index is 12.3. The predicted molar refractivity (Wildman–Crippen MR) is 57.6 cm³/mol. The van der Waals surface area contributed by atoms with Gasteiger partial charge in [0.1, 0.15) is 0 Å². The summed E-state index contributed by atoms with van der Waals surface area (Å²) in [4.78, 5) is 1.86. The SMILES string of the molecule is CC(C)O[C@@H](C)[C@@H]1[C@@H](OC(F)(F)F)CCN1C. The van der Waals surface area contributed by atoms with Crippen molar-refractivity contribution in [2.75, 3.05) is 13.6 Å². The second-order valence-electron chi connectivity index (χ2n) is 4.75. The number of hydrogen-bond donors (Lipinski definition) is 0. The largest absolute Gasteiger partial charge is 0.522 e. The van der Waals surface area contributed by atoms with Crippen LogP contribution in [0, 0.1) is 0 Å². The van der Waals surface area contributed by atoms with Gasteiger partial charge >= 0.3 is 6.36 Å². The van der Waals surface area contributed by atoms with E-state index in [4.69, 9.17) is 4.74 Å². The number of ether oxygens (including phenoxy) is 2. The summed E-state index contributed by atoms with van der Waals surface area (Å²) in [5, 5.41) is 0. The molecule has 0 aromatic heterocycles. The molecule has 17 heavy (non-hydrogen) atoms. The molecule has 0 aromatic carbocycles. The second kappa shape index (κ2) is 5.54. The summed E-state index contributed by atoms with van der Waals surface area (Å²) in [7, 11) is 1.80. The molecule has 0 spiro atoms. The number of alkyl halides is 3. The van der Waals surface area contributed by atoms with Crippen LogP contribution >= 0.6 is 0 Å². The quantitative estimate of drug-likeness (QED) is 0.770. The van der Waals surface area contributed by atoms with Crippen LogP contribution in [0.15, 0.2) is 0 Å². The molecule has 0 radical (unpaired) electrons. The van der Waals surface area contributed by atoms with E-state index in [1.165, 1.54) is 0 Å². The zero-order valence-electron chi connectivity index (χ0n) is 10.6. The fourth-order valence-corrected chi connectivity index (χ4v) is 2.41. The van der Waals surface area contributed by atoms with Crippen LogP contribution in [-0.2, 0) is 9.47 Å². The lowest BCUT2D eigenvalue weighted by atomic mass is 10.1. The van der Waals surface area contributed by atoms with E-state index in [0.29, 0.717) is 13.0 Å². The zero-order valence-corrected chi connectivity index (χ0v) is 10.6. The van der Waals surface area contributed by atoms with Gasteiger partial charge in [-0.3, -0.25) is 9.64 Å². The number of likely N-dealkylation sites (tertiary alicyclic amines) is 1. The maximum Gasteiger partial charge on any atom is 0.522 e. The van der Waals surface area contributed by atoms with Gasteiger partial charge in [0.15, 0.2) is 0 Å². The molecule has 0 amide bonds. The molecule has 3 nitrogen and oxygen atoms in total. The van der Waals surface area contributed by atoms with Crippen LogP contribution in [0.1, 0.15) is 27.2 Å². The molecule has 6 heteroatoms. The molecule has 0 bridgehead atoms. The molecule has 0 unspecified atom stereocenters. The Balaban J connectivity index is 2.64. The molecule has 1 fully saturated rings. The molecule has 1 heterocycles. The highest BCUT2D eigenvalue weighted by atomic mass is 19.4. The van der Waals surface area contributed by atoms with Gasteiger partial charge in [-0.2, -0.15) is 0 Å². The Bertz CT molecular complexity index is 245. The summed E-state index contributed by atoms with van der Waals surface area (Å²) < 4.78 is 46.5. The molecule has 102 valence electrons. The first-order valence-corrected chi connectivity index (χ1v) is 5.81. The van der Waals surface area contributed by atoms with Gasteiger partial charge < -0.3 is 4.74 Å². The maximum absolute atomic E-state index is 12.3. The van der Waals surface area contributed by atoms with Crippen molar-refractivity contribution in [3.8, 4) is 0 Å². The van der Waals surface area contributed by atoms with Crippen molar-refractivity contribution in [3.05, 3.63) is 0 Å². The zero-order chi connectivity index (χ0) is 13.2. The molecule has 1 aliphatic heterocycles. The van der Waals surface area contributed by atoms with Crippen molar-refractivity contribution in [1.82, 2.24) is 4.90 Å². The molecule has 0 saturated carbocycles. The van der Waals surface area contributed by atoms with Gasteiger partial charge in [-0.25, -0.2) is 0 Å². The molecule has 1 aliphatic rings. The van der Waals surface area contributed by atoms with Crippen LogP contribution in [0.2, 0.25) is 0 Å². The summed E-state index contributed by atoms with van der Waals surface area (Å²) in [5.41, 5.74) is 0. The molecular formula is C11H20F3NO2. The highest BCUT2D eigenvalue weighted by molar-refractivity contribution is 4.91. The predicted octanol–water partition coefficient (Wildman–Crippen LogP) is 2.41. The fraction of sp³-hybridized carbons (Fsp3) is 1.00. The molecule has 0 aliphatic carbocycles. The Kier molecular flexibility index (Phi) is 4.80. The van der Waals surface area contributed by atoms with E-state index in [2.05, 4.69) is 4.74 Å². The first kappa shape index (κ1) is 14.7. The summed E-state index contributed by atoms with van der Waals surface area (Å²) in [5.74, 6) is 0. The third-order valence-corrected chi connectivity index (χ3v) is 2.91. The number of likely N-dealkylation sites (N-methyl/N-ethyl adjacent to an activating group) is 1. The summed E-state index contributed by atoms with van der Waals surface area (Å²) in [6, 6.07) is -0.348. The monoisotopic (exact) mass is 255 g/mol. The summed E-state index contributed by atoms with van der Waals surface area (Å²) >= 11 is 0. The number of halogens is 3. The standard InChI is InChI=1S/C11H20F3NO2/c1-7(2)16-8(3)10-9(5-6-15(10)4)17-11(12,13)14/h7-10H,5-6H2,1-4H3/t8-,9-,10+/m0/s1. The average molecular weight is 255 g/mol. The van der Waals surface area contributed by atoms with Crippen molar-refractivity contribution < 1.29 is 22.6 Å². The van der Waals surface area contributed by atoms with Crippen LogP contribution < -0.4 is 0 Å². The number of nitrogens with zero attached hydrogens (tertiary/aromatic N) is 1. The first-order valence-electron chi connectivity index (χ1n) is 5.81. The van der Waals surface area contributed by atoms with Crippen LogP contribution in [-0.4, -0.2) is 49.2 Å². The van der Waals surface area contributed by atoms with Crippen molar-refractivity contribution in [2.24, 2.45) is 0 Å². The lowest BCUT2D eigenvalue weighted by Crippen LogP contribution is -2.46. The van der Waals surface area contributed by atoms with Gasteiger partial charge in [-0.15, -0.1) is 13.2 Å². The Hall–Kier alpha value is -0.330. The van der Waals surface area contributed by atoms with Crippen LogP contribution in [0.5, 0.6) is 0 Å². The van der Waals surface area contributed by atoms with Crippen molar-refractivity contribution in [3.63, 3.8) is 0 Å². The average Bonchev–Trinajstić information content (AvgIpc) is 2.42. The molecular weight excluding hydrogens is 235 g/mol. The minimum absolute atomic E-state index is 0.00876. The van der Waals surface area contributed by atoms with E-state index < -0.39 is 12.5 Å². The Morgan fingerprint density at radius 3 is 2.29 bits per heavy atom. The van der Waals surface area contributed by atoms with Crippen molar-refractivity contribution in [2.45, 2.75) is 57.9 Å². The van der Waals surface area contributed by atoms with Gasteiger partial charge in [0.25, 0.3) is 0 Å². The third-order valence-electron chi connectivity index (χ3n) is 2.91. The van der Waals surface area contributed by atoms with E-state index in [1.54, 1.807) is 14.0 Å². The first-order chi connectivity index (χ1) is 7.70. The van der Waals surface area contributed by atoms with Crippen LogP contribution in [0.3, 0.4) is 0 Å². The van der Waals surface area contributed by atoms with E-state index >= 15 is 0 Å². The minimum Gasteiger partial charge on any atom is -0.374 e. The van der Waals surface area contributed by atoms with Gasteiger partial charge in [0.2, 0.25) is 0 Å². The molecule has 0 aromatic rings. The number of rotatable bonds is 4. The lowest BCUT2D eigenvalue weighted by molar-refractivity contribution is -0.346. The highest BCUT2D eigenvalue weighted by Gasteiger charge is 2.44. The Morgan fingerprint density at radius 1 is 1.24 bits per heavy atom.